The fraction of sp³-hybridized carbons (Fsp3) is 0.250. The molecule has 1 aromatic carbocycles. The second-order valence-corrected chi connectivity index (χ2v) is 5.71. The van der Waals surface area contributed by atoms with Gasteiger partial charge in [-0.1, -0.05) is 24.3 Å². The van der Waals surface area contributed by atoms with Crippen LogP contribution < -0.4 is 5.56 Å². The van der Waals surface area contributed by atoms with Crippen LogP contribution in [0, 0.1) is 6.92 Å². The van der Waals surface area contributed by atoms with Crippen molar-refractivity contribution in [1.29, 1.82) is 0 Å². The Kier molecular flexibility index (Phi) is 4.96. The van der Waals surface area contributed by atoms with Crippen LogP contribution in [0.3, 0.4) is 0 Å². The number of esters is 1. The summed E-state index contributed by atoms with van der Waals surface area (Å²) >= 11 is 3.40. The van der Waals surface area contributed by atoms with Gasteiger partial charge < -0.3 is 9.30 Å². The summed E-state index contributed by atoms with van der Waals surface area (Å²) in [7, 11) is 1.37. The normalized spacial score (nSPS) is 10.4. The third-order valence-electron chi connectivity index (χ3n) is 3.25. The summed E-state index contributed by atoms with van der Waals surface area (Å²) in [5.74, 6) is -0.291. The Morgan fingerprint density at radius 3 is 2.62 bits per heavy atom. The van der Waals surface area contributed by atoms with E-state index in [-0.39, 0.29) is 17.9 Å². The molecule has 0 amide bonds. The van der Waals surface area contributed by atoms with Crippen molar-refractivity contribution in [3.63, 3.8) is 0 Å². The number of aryl methyl sites for hydroxylation is 1. The van der Waals surface area contributed by atoms with Crippen molar-refractivity contribution in [1.82, 2.24) is 4.57 Å². The number of rotatable bonds is 4. The number of carbonyl (C=O) groups is 1. The zero-order valence-corrected chi connectivity index (χ0v) is 13.5. The number of pyridine rings is 1. The molecule has 0 saturated heterocycles. The van der Waals surface area contributed by atoms with Crippen molar-refractivity contribution in [3.05, 3.63) is 68.0 Å². The van der Waals surface area contributed by atoms with Crippen LogP contribution >= 0.6 is 15.9 Å². The van der Waals surface area contributed by atoms with E-state index in [2.05, 4.69) is 15.9 Å². The molecule has 2 aromatic rings. The van der Waals surface area contributed by atoms with E-state index >= 15 is 0 Å². The molecule has 0 spiro atoms. The quantitative estimate of drug-likeness (QED) is 0.797. The summed E-state index contributed by atoms with van der Waals surface area (Å²) in [6, 6.07) is 9.35. The molecule has 0 saturated carbocycles. The molecule has 5 heteroatoms. The molecule has 1 aromatic heterocycles. The summed E-state index contributed by atoms with van der Waals surface area (Å²) in [5, 5.41) is 0. The van der Waals surface area contributed by atoms with Gasteiger partial charge >= 0.3 is 5.97 Å². The van der Waals surface area contributed by atoms with E-state index in [1.54, 1.807) is 23.8 Å². The summed E-state index contributed by atoms with van der Waals surface area (Å²) in [6.07, 6.45) is 1.96. The first-order valence-electron chi connectivity index (χ1n) is 6.51. The van der Waals surface area contributed by atoms with Crippen molar-refractivity contribution in [3.8, 4) is 0 Å². The molecular weight excluding hydrogens is 334 g/mol. The second-order valence-electron chi connectivity index (χ2n) is 4.80. The van der Waals surface area contributed by atoms with Gasteiger partial charge in [0.05, 0.1) is 20.1 Å². The molecule has 21 heavy (non-hydrogen) atoms. The lowest BCUT2D eigenvalue weighted by Gasteiger charge is -2.12. The lowest BCUT2D eigenvalue weighted by molar-refractivity contribution is -0.139. The van der Waals surface area contributed by atoms with Crippen molar-refractivity contribution < 1.29 is 9.53 Å². The molecule has 0 aliphatic heterocycles. The minimum Gasteiger partial charge on any atom is -0.469 e. The highest BCUT2D eigenvalue weighted by atomic mass is 79.9. The Hall–Kier alpha value is -1.88. The molecule has 0 fully saturated rings. The molecule has 2 rings (SSSR count). The first-order valence-corrected chi connectivity index (χ1v) is 7.30. The SMILES string of the molecule is COC(=O)Cc1ccccc1Cn1cc(Br)cc(C)c1=O. The summed E-state index contributed by atoms with van der Waals surface area (Å²) in [4.78, 5) is 23.6. The van der Waals surface area contributed by atoms with E-state index in [0.29, 0.717) is 12.1 Å². The average molecular weight is 350 g/mol. The molecule has 0 bridgehead atoms. The lowest BCUT2D eigenvalue weighted by atomic mass is 10.0. The summed E-state index contributed by atoms with van der Waals surface area (Å²) in [6.45, 7) is 2.20. The Morgan fingerprint density at radius 1 is 1.29 bits per heavy atom. The third-order valence-corrected chi connectivity index (χ3v) is 3.69. The fourth-order valence-electron chi connectivity index (χ4n) is 2.15. The molecule has 0 aliphatic carbocycles. The van der Waals surface area contributed by atoms with Gasteiger partial charge in [-0.2, -0.15) is 0 Å². The van der Waals surface area contributed by atoms with Crippen molar-refractivity contribution in [2.75, 3.05) is 7.11 Å². The van der Waals surface area contributed by atoms with Gasteiger partial charge in [-0.05, 0) is 40.0 Å². The largest absolute Gasteiger partial charge is 0.469 e. The molecule has 110 valence electrons. The van der Waals surface area contributed by atoms with Crippen LogP contribution in [0.5, 0.6) is 0 Å². The maximum absolute atomic E-state index is 12.2. The number of benzene rings is 1. The molecule has 0 unspecified atom stereocenters. The number of aromatic nitrogens is 1. The number of halogens is 1. The van der Waals surface area contributed by atoms with Gasteiger partial charge in [0.25, 0.3) is 5.56 Å². The van der Waals surface area contributed by atoms with Crippen LogP contribution in [0.2, 0.25) is 0 Å². The van der Waals surface area contributed by atoms with E-state index in [1.807, 2.05) is 24.3 Å². The van der Waals surface area contributed by atoms with Crippen LogP contribution in [-0.2, 0) is 22.5 Å². The average Bonchev–Trinajstić information content (AvgIpc) is 2.46. The van der Waals surface area contributed by atoms with Crippen LogP contribution in [0.1, 0.15) is 16.7 Å². The second kappa shape index (κ2) is 6.72. The minimum absolute atomic E-state index is 0.0360. The van der Waals surface area contributed by atoms with Gasteiger partial charge in [-0.15, -0.1) is 0 Å². The lowest BCUT2D eigenvalue weighted by Crippen LogP contribution is -2.23. The number of ether oxygens (including phenoxy) is 1. The van der Waals surface area contributed by atoms with E-state index in [9.17, 15) is 9.59 Å². The van der Waals surface area contributed by atoms with Crippen LogP contribution in [0.25, 0.3) is 0 Å². The Bertz CT molecular complexity index is 722. The zero-order chi connectivity index (χ0) is 15.4. The van der Waals surface area contributed by atoms with Gasteiger partial charge in [-0.3, -0.25) is 9.59 Å². The van der Waals surface area contributed by atoms with E-state index in [4.69, 9.17) is 4.74 Å². The fourth-order valence-corrected chi connectivity index (χ4v) is 2.74. The number of carbonyl (C=O) groups excluding carboxylic acids is 1. The van der Waals surface area contributed by atoms with Crippen LogP contribution in [-0.4, -0.2) is 17.6 Å². The standard InChI is InChI=1S/C16H16BrNO3/c1-11-7-14(17)10-18(16(11)20)9-13-6-4-3-5-12(13)8-15(19)21-2/h3-7,10H,8-9H2,1-2H3. The maximum Gasteiger partial charge on any atom is 0.309 e. The van der Waals surface area contributed by atoms with Crippen LogP contribution in [0.4, 0.5) is 0 Å². The summed E-state index contributed by atoms with van der Waals surface area (Å²) in [5.41, 5.74) is 2.44. The van der Waals surface area contributed by atoms with Gasteiger partial charge in [0.15, 0.2) is 0 Å². The van der Waals surface area contributed by atoms with Crippen molar-refractivity contribution >= 4 is 21.9 Å². The van der Waals surface area contributed by atoms with Crippen molar-refractivity contribution in [2.45, 2.75) is 19.9 Å². The van der Waals surface area contributed by atoms with Gasteiger partial charge in [0, 0.05) is 16.2 Å². The predicted molar refractivity (Wildman–Crippen MR) is 84.4 cm³/mol. The Balaban J connectivity index is 2.36. The number of methoxy groups -OCH3 is 1. The highest BCUT2D eigenvalue weighted by Crippen LogP contribution is 2.14. The molecule has 0 N–H and O–H groups in total. The number of hydrogen-bond acceptors (Lipinski definition) is 3. The Labute approximate surface area is 131 Å². The number of nitrogens with zero attached hydrogens (tertiary/aromatic N) is 1. The van der Waals surface area contributed by atoms with Gasteiger partial charge in [0.1, 0.15) is 0 Å². The highest BCUT2D eigenvalue weighted by Gasteiger charge is 2.09. The molecule has 0 atom stereocenters. The maximum atomic E-state index is 12.2. The smallest absolute Gasteiger partial charge is 0.309 e. The van der Waals surface area contributed by atoms with E-state index < -0.39 is 0 Å². The topological polar surface area (TPSA) is 48.3 Å². The third kappa shape index (κ3) is 3.82. The first kappa shape index (κ1) is 15.5. The Morgan fingerprint density at radius 2 is 1.95 bits per heavy atom. The summed E-state index contributed by atoms with van der Waals surface area (Å²) < 4.78 is 7.19. The molecule has 4 nitrogen and oxygen atoms in total. The molecule has 0 aliphatic rings. The molecule has 0 radical (unpaired) electrons. The van der Waals surface area contributed by atoms with Gasteiger partial charge in [-0.25, -0.2) is 0 Å². The van der Waals surface area contributed by atoms with E-state index in [0.717, 1.165) is 15.6 Å². The molecular formula is C16H16BrNO3. The van der Waals surface area contributed by atoms with Crippen LogP contribution in [0.15, 0.2) is 45.8 Å². The minimum atomic E-state index is -0.291. The zero-order valence-electron chi connectivity index (χ0n) is 11.9. The number of hydrogen-bond donors (Lipinski definition) is 0. The van der Waals surface area contributed by atoms with Gasteiger partial charge in [0.2, 0.25) is 0 Å². The predicted octanol–water partition coefficient (Wildman–Crippen LogP) is 2.68. The monoisotopic (exact) mass is 349 g/mol. The highest BCUT2D eigenvalue weighted by molar-refractivity contribution is 9.10. The van der Waals surface area contributed by atoms with E-state index in [1.165, 1.54) is 7.11 Å². The molecule has 1 heterocycles. The first-order chi connectivity index (χ1) is 10.0. The van der Waals surface area contributed by atoms with Crippen molar-refractivity contribution in [2.24, 2.45) is 0 Å².